The van der Waals surface area contributed by atoms with Gasteiger partial charge < -0.3 is 14.7 Å². The average molecular weight is 478 g/mol. The predicted molar refractivity (Wildman–Crippen MR) is 139 cm³/mol. The van der Waals surface area contributed by atoms with Crippen molar-refractivity contribution in [2.24, 2.45) is 0 Å². The molecule has 5 nitrogen and oxygen atoms in total. The van der Waals surface area contributed by atoms with Gasteiger partial charge in [-0.3, -0.25) is 9.59 Å². The Morgan fingerprint density at radius 2 is 1.50 bits per heavy atom. The van der Waals surface area contributed by atoms with E-state index in [9.17, 15) is 14.7 Å². The molecule has 5 rings (SSSR count). The van der Waals surface area contributed by atoms with E-state index < -0.39 is 11.5 Å². The van der Waals surface area contributed by atoms with E-state index in [2.05, 4.69) is 0 Å². The van der Waals surface area contributed by atoms with E-state index in [0.29, 0.717) is 35.7 Å². The summed E-state index contributed by atoms with van der Waals surface area (Å²) in [4.78, 5) is 28.2. The van der Waals surface area contributed by atoms with Crippen molar-refractivity contribution in [2.75, 3.05) is 4.90 Å². The number of hydrogen-bond donors (Lipinski definition) is 1. The van der Waals surface area contributed by atoms with Crippen molar-refractivity contribution in [2.45, 2.75) is 32.1 Å². The summed E-state index contributed by atoms with van der Waals surface area (Å²) in [7, 11) is 0. The maximum absolute atomic E-state index is 13.5. The summed E-state index contributed by atoms with van der Waals surface area (Å²) in [5, 5.41) is 11.6. The number of benzene rings is 4. The Morgan fingerprint density at radius 3 is 2.22 bits per heavy atom. The number of carbonyl (C=O) groups excluding carboxylic acids is 2. The van der Waals surface area contributed by atoms with Crippen molar-refractivity contribution < 1.29 is 19.4 Å². The summed E-state index contributed by atoms with van der Waals surface area (Å²) in [6.07, 6.45) is -0.336. The molecule has 0 radical (unpaired) electrons. The molecule has 1 amide bonds. The molecule has 36 heavy (non-hydrogen) atoms. The monoisotopic (exact) mass is 477 g/mol. The first-order valence-corrected chi connectivity index (χ1v) is 11.9. The van der Waals surface area contributed by atoms with Crippen LogP contribution >= 0.6 is 0 Å². The lowest BCUT2D eigenvalue weighted by atomic mass is 9.88. The molecule has 1 atom stereocenters. The van der Waals surface area contributed by atoms with Gasteiger partial charge in [-0.1, -0.05) is 78.4 Å². The van der Waals surface area contributed by atoms with Gasteiger partial charge in [-0.2, -0.15) is 0 Å². The number of carbonyl (C=O) groups is 2. The number of fused-ring (bicyclic) bond motifs is 1. The first kappa shape index (κ1) is 23.5. The van der Waals surface area contributed by atoms with Gasteiger partial charge in [-0.15, -0.1) is 0 Å². The number of aliphatic hydroxyl groups is 1. The maximum Gasteiger partial charge on any atom is 0.264 e. The number of ether oxygens (including phenoxy) is 1. The fourth-order valence-electron chi connectivity index (χ4n) is 4.52. The van der Waals surface area contributed by atoms with Gasteiger partial charge in [0.25, 0.3) is 5.91 Å². The molecule has 5 heteroatoms. The number of hydrogen-bond acceptors (Lipinski definition) is 4. The van der Waals surface area contributed by atoms with E-state index in [-0.39, 0.29) is 12.2 Å². The fourth-order valence-corrected chi connectivity index (χ4v) is 4.52. The van der Waals surface area contributed by atoms with Crippen LogP contribution in [0.2, 0.25) is 0 Å². The second-order valence-electron chi connectivity index (χ2n) is 9.15. The zero-order valence-corrected chi connectivity index (χ0v) is 20.1. The van der Waals surface area contributed by atoms with E-state index >= 15 is 0 Å². The maximum atomic E-state index is 13.5. The van der Waals surface area contributed by atoms with Crippen molar-refractivity contribution >= 4 is 17.4 Å². The van der Waals surface area contributed by atoms with Crippen LogP contribution < -0.4 is 9.64 Å². The summed E-state index contributed by atoms with van der Waals surface area (Å²) in [6, 6.07) is 31.7. The summed E-state index contributed by atoms with van der Waals surface area (Å²) < 4.78 is 5.80. The summed E-state index contributed by atoms with van der Waals surface area (Å²) in [5.41, 5.74) is 2.71. The second-order valence-corrected chi connectivity index (χ2v) is 9.15. The molecular weight excluding hydrogens is 450 g/mol. The molecule has 1 N–H and O–H groups in total. The van der Waals surface area contributed by atoms with Gasteiger partial charge in [-0.25, -0.2) is 0 Å². The van der Waals surface area contributed by atoms with Crippen LogP contribution in [-0.2, 0) is 23.5 Å². The third-order valence-corrected chi connectivity index (χ3v) is 6.54. The number of rotatable bonds is 8. The third kappa shape index (κ3) is 4.66. The molecule has 1 aliphatic rings. The second kappa shape index (κ2) is 9.80. The van der Waals surface area contributed by atoms with Crippen LogP contribution in [0.25, 0.3) is 0 Å². The minimum Gasteiger partial charge on any atom is -0.489 e. The lowest BCUT2D eigenvalue weighted by molar-refractivity contribution is -0.136. The number of para-hydroxylation sites is 1. The summed E-state index contributed by atoms with van der Waals surface area (Å²) >= 11 is 0. The topological polar surface area (TPSA) is 66.8 Å². The van der Waals surface area contributed by atoms with Crippen LogP contribution in [0.15, 0.2) is 103 Å². The van der Waals surface area contributed by atoms with Crippen LogP contribution in [0.1, 0.15) is 39.0 Å². The Labute approximate surface area is 210 Å². The standard InChI is InChI=1S/C31H27NO4/c1-22-11-13-23(14-12-22)20-32-28-10-6-5-9-27(28)31(35,30(32)34)19-29(33)25-15-17-26(18-16-25)36-21-24-7-3-2-4-8-24/h2-18,35H,19-21H2,1H3. The highest BCUT2D eigenvalue weighted by Crippen LogP contribution is 2.43. The van der Waals surface area contributed by atoms with E-state index in [0.717, 1.165) is 16.7 Å². The van der Waals surface area contributed by atoms with Crippen LogP contribution in [0.3, 0.4) is 0 Å². The SMILES string of the molecule is Cc1ccc(CN2C(=O)C(O)(CC(=O)c3ccc(OCc4ccccc4)cc3)c3ccccc32)cc1. The Kier molecular flexibility index (Phi) is 6.40. The van der Waals surface area contributed by atoms with Gasteiger partial charge >= 0.3 is 0 Å². The lowest BCUT2D eigenvalue weighted by Gasteiger charge is -2.23. The molecule has 0 saturated carbocycles. The minimum atomic E-state index is -1.92. The van der Waals surface area contributed by atoms with Gasteiger partial charge in [0.15, 0.2) is 11.4 Å². The van der Waals surface area contributed by atoms with Crippen molar-refractivity contribution in [3.8, 4) is 5.75 Å². The molecule has 0 aromatic heterocycles. The fraction of sp³-hybridized carbons (Fsp3) is 0.161. The Hall–Kier alpha value is -4.22. The van der Waals surface area contributed by atoms with Crippen LogP contribution in [-0.4, -0.2) is 16.8 Å². The Morgan fingerprint density at radius 1 is 0.833 bits per heavy atom. The van der Waals surface area contributed by atoms with Gasteiger partial charge in [0.1, 0.15) is 12.4 Å². The molecule has 0 aliphatic carbocycles. The van der Waals surface area contributed by atoms with E-state index in [4.69, 9.17) is 4.74 Å². The van der Waals surface area contributed by atoms with E-state index in [1.165, 1.54) is 0 Å². The van der Waals surface area contributed by atoms with Gasteiger partial charge in [0.2, 0.25) is 0 Å². The summed E-state index contributed by atoms with van der Waals surface area (Å²) in [5.74, 6) is -0.159. The molecule has 1 heterocycles. The molecule has 1 unspecified atom stereocenters. The molecule has 0 fully saturated rings. The molecule has 0 spiro atoms. The zero-order valence-electron chi connectivity index (χ0n) is 20.1. The molecular formula is C31H27NO4. The first-order valence-electron chi connectivity index (χ1n) is 11.9. The molecule has 180 valence electrons. The third-order valence-electron chi connectivity index (χ3n) is 6.54. The van der Waals surface area contributed by atoms with Crippen LogP contribution in [0, 0.1) is 6.92 Å². The zero-order chi connectivity index (χ0) is 25.1. The summed E-state index contributed by atoms with van der Waals surface area (Å²) in [6.45, 7) is 2.75. The average Bonchev–Trinajstić information content (AvgIpc) is 3.11. The van der Waals surface area contributed by atoms with E-state index in [1.54, 1.807) is 41.3 Å². The molecule has 4 aromatic carbocycles. The van der Waals surface area contributed by atoms with Crippen molar-refractivity contribution in [1.82, 2.24) is 0 Å². The highest BCUT2D eigenvalue weighted by molar-refractivity contribution is 6.10. The highest BCUT2D eigenvalue weighted by Gasteiger charge is 2.50. The largest absolute Gasteiger partial charge is 0.489 e. The number of nitrogens with zero attached hydrogens (tertiary/aromatic N) is 1. The van der Waals surface area contributed by atoms with Crippen molar-refractivity contribution in [3.05, 3.63) is 131 Å². The number of amides is 1. The minimum absolute atomic E-state index is 0.313. The number of ketones is 1. The van der Waals surface area contributed by atoms with E-state index in [1.807, 2.05) is 73.7 Å². The predicted octanol–water partition coefficient (Wildman–Crippen LogP) is 5.58. The quantitative estimate of drug-likeness (QED) is 0.337. The highest BCUT2D eigenvalue weighted by atomic mass is 16.5. The number of Topliss-reactive ketones (excluding diaryl/α,β-unsaturated/α-hetero) is 1. The Bertz CT molecular complexity index is 1380. The van der Waals surface area contributed by atoms with Gasteiger partial charge in [-0.05, 0) is 48.4 Å². The first-order chi connectivity index (χ1) is 17.4. The lowest BCUT2D eigenvalue weighted by Crippen LogP contribution is -2.41. The van der Waals surface area contributed by atoms with Gasteiger partial charge in [0, 0.05) is 11.1 Å². The molecule has 4 aromatic rings. The molecule has 1 aliphatic heterocycles. The normalized spacial score (nSPS) is 16.6. The van der Waals surface area contributed by atoms with Crippen molar-refractivity contribution in [3.63, 3.8) is 0 Å². The smallest absolute Gasteiger partial charge is 0.264 e. The molecule has 0 bridgehead atoms. The number of anilines is 1. The van der Waals surface area contributed by atoms with Crippen LogP contribution in [0.4, 0.5) is 5.69 Å². The molecule has 0 saturated heterocycles. The number of aryl methyl sites for hydroxylation is 1. The van der Waals surface area contributed by atoms with Gasteiger partial charge in [0.05, 0.1) is 18.7 Å². The van der Waals surface area contributed by atoms with Crippen molar-refractivity contribution in [1.29, 1.82) is 0 Å². The van der Waals surface area contributed by atoms with Crippen LogP contribution in [0.5, 0.6) is 5.75 Å². The Balaban J connectivity index is 1.32.